The van der Waals surface area contributed by atoms with Crippen LogP contribution in [0.1, 0.15) is 13.3 Å². The highest BCUT2D eigenvalue weighted by molar-refractivity contribution is 7.98. The Hall–Kier alpha value is -1.24. The van der Waals surface area contributed by atoms with Crippen molar-refractivity contribution in [1.82, 2.24) is 14.9 Å². The van der Waals surface area contributed by atoms with E-state index >= 15 is 0 Å². The van der Waals surface area contributed by atoms with Crippen LogP contribution in [0.2, 0.25) is 0 Å². The van der Waals surface area contributed by atoms with E-state index in [1.807, 2.05) is 48.6 Å². The van der Waals surface area contributed by atoms with E-state index in [1.54, 1.807) is 29.1 Å². The Morgan fingerprint density at radius 3 is 2.91 bits per heavy atom. The quantitative estimate of drug-likeness (QED) is 0.588. The van der Waals surface area contributed by atoms with E-state index in [4.69, 9.17) is 11.6 Å². The van der Waals surface area contributed by atoms with Gasteiger partial charge in [-0.05, 0) is 25.3 Å². The molecular formula is C15H21ClN4OS. The molecule has 1 aliphatic heterocycles. The predicted molar refractivity (Wildman–Crippen MR) is 92.6 cm³/mol. The number of amides is 1. The molecule has 0 bridgehead atoms. The van der Waals surface area contributed by atoms with E-state index in [0.29, 0.717) is 13.0 Å². The summed E-state index contributed by atoms with van der Waals surface area (Å²) in [5, 5.41) is 3.81. The number of nitrogens with zero attached hydrogens (tertiary/aromatic N) is 4. The first-order valence-electron chi connectivity index (χ1n) is 7.17. The second-order valence-corrected chi connectivity index (χ2v) is 6.30. The summed E-state index contributed by atoms with van der Waals surface area (Å²) < 4.78 is 0. The van der Waals surface area contributed by atoms with Crippen molar-refractivity contribution in [2.24, 2.45) is 0 Å². The monoisotopic (exact) mass is 340 g/mol. The molecule has 22 heavy (non-hydrogen) atoms. The van der Waals surface area contributed by atoms with Crippen LogP contribution in [0, 0.1) is 0 Å². The molecule has 0 fully saturated rings. The third kappa shape index (κ3) is 3.56. The highest BCUT2D eigenvalue weighted by Gasteiger charge is 2.34. The van der Waals surface area contributed by atoms with Crippen LogP contribution in [0.4, 0.5) is 5.69 Å². The minimum Gasteiger partial charge on any atom is -0.312 e. The molecule has 1 aliphatic rings. The smallest absolute Gasteiger partial charge is 0.227 e. The van der Waals surface area contributed by atoms with Crippen LogP contribution in [-0.2, 0) is 4.79 Å². The van der Waals surface area contributed by atoms with Crippen LogP contribution in [0.15, 0.2) is 36.4 Å². The standard InChI is InChI=1S/C15H21ClN4OS/c1-4-19(14(21)7-9-22-3)13-11-20(18(2)15(13)16)12-6-5-8-17-10-12/h5-6,8,10-11,15H,4,7,9H2,1-3H3. The van der Waals surface area contributed by atoms with E-state index in [2.05, 4.69) is 4.98 Å². The van der Waals surface area contributed by atoms with Crippen molar-refractivity contribution in [2.45, 2.75) is 18.8 Å². The summed E-state index contributed by atoms with van der Waals surface area (Å²) in [6, 6.07) is 3.83. The molecule has 0 aromatic carbocycles. The Bertz CT molecular complexity index is 540. The van der Waals surface area contributed by atoms with Gasteiger partial charge in [0.05, 0.1) is 17.6 Å². The van der Waals surface area contributed by atoms with E-state index in [0.717, 1.165) is 17.1 Å². The summed E-state index contributed by atoms with van der Waals surface area (Å²) in [6.45, 7) is 2.57. The number of carbonyl (C=O) groups excluding carboxylic acids is 1. The van der Waals surface area contributed by atoms with E-state index in [9.17, 15) is 4.79 Å². The van der Waals surface area contributed by atoms with Crippen LogP contribution in [0.3, 0.4) is 0 Å². The highest BCUT2D eigenvalue weighted by Crippen LogP contribution is 2.31. The van der Waals surface area contributed by atoms with Crippen molar-refractivity contribution in [1.29, 1.82) is 0 Å². The number of thioether (sulfide) groups is 1. The fourth-order valence-electron chi connectivity index (χ4n) is 2.35. The average molecular weight is 341 g/mol. The Morgan fingerprint density at radius 2 is 2.32 bits per heavy atom. The molecule has 2 rings (SSSR count). The van der Waals surface area contributed by atoms with Gasteiger partial charge in [-0.25, -0.2) is 0 Å². The van der Waals surface area contributed by atoms with Crippen LogP contribution in [0.25, 0.3) is 0 Å². The van der Waals surface area contributed by atoms with Gasteiger partial charge in [-0.15, -0.1) is 0 Å². The molecule has 2 heterocycles. The summed E-state index contributed by atoms with van der Waals surface area (Å²) in [6.07, 6.45) is 7.93. The zero-order chi connectivity index (χ0) is 16.1. The van der Waals surface area contributed by atoms with E-state index in [1.165, 1.54) is 0 Å². The number of aromatic nitrogens is 1. The zero-order valence-electron chi connectivity index (χ0n) is 13.1. The SMILES string of the molecule is CCN(C(=O)CCSC)C1=CN(c2cccnc2)N(C)C1Cl. The first-order chi connectivity index (χ1) is 10.6. The maximum absolute atomic E-state index is 12.4. The Kier molecular flexibility index (Phi) is 6.11. The zero-order valence-corrected chi connectivity index (χ0v) is 14.6. The van der Waals surface area contributed by atoms with Gasteiger partial charge in [0.15, 0.2) is 0 Å². The lowest BCUT2D eigenvalue weighted by Gasteiger charge is -2.28. The molecular weight excluding hydrogens is 320 g/mol. The molecule has 0 N–H and O–H groups in total. The van der Waals surface area contributed by atoms with Crippen molar-refractivity contribution in [3.63, 3.8) is 0 Å². The van der Waals surface area contributed by atoms with Gasteiger partial charge in [0.25, 0.3) is 0 Å². The number of hydrogen-bond acceptors (Lipinski definition) is 5. The summed E-state index contributed by atoms with van der Waals surface area (Å²) in [5.74, 6) is 0.924. The van der Waals surface area contributed by atoms with Gasteiger partial charge in [-0.3, -0.25) is 14.8 Å². The molecule has 1 aromatic rings. The van der Waals surface area contributed by atoms with Crippen molar-refractivity contribution in [3.8, 4) is 0 Å². The van der Waals surface area contributed by atoms with Crippen molar-refractivity contribution in [2.75, 3.05) is 30.6 Å². The fourth-order valence-corrected chi connectivity index (χ4v) is 3.00. The normalized spacial score (nSPS) is 18.5. The molecule has 0 aliphatic carbocycles. The number of hydrazine groups is 1. The molecule has 0 spiro atoms. The van der Waals surface area contributed by atoms with Gasteiger partial charge >= 0.3 is 0 Å². The number of rotatable bonds is 6. The summed E-state index contributed by atoms with van der Waals surface area (Å²) in [4.78, 5) is 18.3. The van der Waals surface area contributed by atoms with Gasteiger partial charge in [-0.2, -0.15) is 16.8 Å². The van der Waals surface area contributed by atoms with Crippen LogP contribution >= 0.6 is 23.4 Å². The van der Waals surface area contributed by atoms with Crippen LogP contribution in [0.5, 0.6) is 0 Å². The van der Waals surface area contributed by atoms with Gasteiger partial charge in [0.2, 0.25) is 5.91 Å². The third-order valence-electron chi connectivity index (χ3n) is 3.53. The highest BCUT2D eigenvalue weighted by atomic mass is 35.5. The lowest BCUT2D eigenvalue weighted by molar-refractivity contribution is -0.128. The average Bonchev–Trinajstić information content (AvgIpc) is 2.83. The van der Waals surface area contributed by atoms with Gasteiger partial charge in [0.1, 0.15) is 5.50 Å². The minimum atomic E-state index is -0.376. The second kappa shape index (κ2) is 7.85. The van der Waals surface area contributed by atoms with Crippen molar-refractivity contribution < 1.29 is 4.79 Å². The predicted octanol–water partition coefficient (Wildman–Crippen LogP) is 2.76. The number of carbonyl (C=O) groups is 1. The Balaban J connectivity index is 2.23. The van der Waals surface area contributed by atoms with E-state index < -0.39 is 0 Å². The number of halogens is 1. The Morgan fingerprint density at radius 1 is 1.55 bits per heavy atom. The van der Waals surface area contributed by atoms with Gasteiger partial charge < -0.3 is 4.90 Å². The summed E-state index contributed by atoms with van der Waals surface area (Å²) in [5.41, 5.74) is 1.35. The molecule has 1 unspecified atom stereocenters. The van der Waals surface area contributed by atoms with Crippen molar-refractivity contribution >= 4 is 35.0 Å². The number of hydrogen-bond donors (Lipinski definition) is 0. The second-order valence-electron chi connectivity index (χ2n) is 4.90. The molecule has 120 valence electrons. The van der Waals surface area contributed by atoms with Gasteiger partial charge in [-0.1, -0.05) is 11.6 Å². The molecule has 1 aromatic heterocycles. The molecule has 0 saturated carbocycles. The molecule has 5 nitrogen and oxygen atoms in total. The number of likely N-dealkylation sites (N-methyl/N-ethyl adjacent to an activating group) is 2. The van der Waals surface area contributed by atoms with Crippen molar-refractivity contribution in [3.05, 3.63) is 36.4 Å². The van der Waals surface area contributed by atoms with Crippen LogP contribution < -0.4 is 5.01 Å². The third-order valence-corrected chi connectivity index (χ3v) is 4.64. The summed E-state index contributed by atoms with van der Waals surface area (Å²) >= 11 is 8.19. The fraction of sp³-hybridized carbons (Fsp3) is 0.467. The number of anilines is 1. The lowest BCUT2D eigenvalue weighted by Crippen LogP contribution is -2.39. The largest absolute Gasteiger partial charge is 0.312 e. The number of alkyl halides is 1. The first kappa shape index (κ1) is 17.1. The number of pyridine rings is 1. The maximum atomic E-state index is 12.4. The summed E-state index contributed by atoms with van der Waals surface area (Å²) in [7, 11) is 1.90. The molecule has 1 atom stereocenters. The van der Waals surface area contributed by atoms with Gasteiger partial charge in [0, 0.05) is 38.2 Å². The molecule has 0 saturated heterocycles. The first-order valence-corrected chi connectivity index (χ1v) is 9.00. The molecule has 7 heteroatoms. The van der Waals surface area contributed by atoms with E-state index in [-0.39, 0.29) is 11.4 Å². The topological polar surface area (TPSA) is 39.7 Å². The molecule has 0 radical (unpaired) electrons. The Labute approximate surface area is 140 Å². The minimum absolute atomic E-state index is 0.107. The molecule has 1 amide bonds. The van der Waals surface area contributed by atoms with Crippen LogP contribution in [-0.4, -0.2) is 51.9 Å². The maximum Gasteiger partial charge on any atom is 0.227 e. The lowest BCUT2D eigenvalue weighted by atomic mass is 10.3.